The summed E-state index contributed by atoms with van der Waals surface area (Å²) in [6, 6.07) is 17.2. The minimum Gasteiger partial charge on any atom is -0.381 e. The summed E-state index contributed by atoms with van der Waals surface area (Å²) in [5.74, 6) is 0.0941. The summed E-state index contributed by atoms with van der Waals surface area (Å²) >= 11 is 0. The molecule has 0 aliphatic carbocycles. The van der Waals surface area contributed by atoms with Crippen molar-refractivity contribution in [2.45, 2.75) is 24.4 Å². The van der Waals surface area contributed by atoms with E-state index in [0.29, 0.717) is 36.6 Å². The molecule has 4 aromatic rings. The first kappa shape index (κ1) is 25.1. The van der Waals surface area contributed by atoms with E-state index in [2.05, 4.69) is 5.10 Å². The number of hydrogen-bond acceptors (Lipinski definition) is 5. The molecule has 0 spiro atoms. The Hall–Kier alpha value is -3.56. The molecule has 3 heterocycles. The normalized spacial score (nSPS) is 14.6. The van der Waals surface area contributed by atoms with Gasteiger partial charge < -0.3 is 9.64 Å². The van der Waals surface area contributed by atoms with Crippen molar-refractivity contribution in [2.24, 2.45) is 5.92 Å². The van der Waals surface area contributed by atoms with E-state index >= 15 is 0 Å². The summed E-state index contributed by atoms with van der Waals surface area (Å²) in [6.07, 6.45) is 6.35. The van der Waals surface area contributed by atoms with Gasteiger partial charge in [0.05, 0.1) is 16.6 Å². The van der Waals surface area contributed by atoms with Crippen LogP contribution in [0.15, 0.2) is 78.0 Å². The van der Waals surface area contributed by atoms with E-state index in [1.807, 2.05) is 18.2 Å². The van der Waals surface area contributed by atoms with Gasteiger partial charge in [0, 0.05) is 49.0 Å². The van der Waals surface area contributed by atoms with Crippen LogP contribution in [-0.4, -0.2) is 50.0 Å². The van der Waals surface area contributed by atoms with Crippen LogP contribution in [0.25, 0.3) is 16.6 Å². The molecular weight excluding hydrogens is 493 g/mol. The van der Waals surface area contributed by atoms with Crippen LogP contribution >= 0.6 is 0 Å². The lowest BCUT2D eigenvalue weighted by Crippen LogP contribution is -2.37. The van der Waals surface area contributed by atoms with E-state index in [-0.39, 0.29) is 16.7 Å². The van der Waals surface area contributed by atoms with Crippen molar-refractivity contribution in [1.29, 1.82) is 0 Å². The molecule has 1 saturated heterocycles. The van der Waals surface area contributed by atoms with E-state index in [0.717, 1.165) is 35.7 Å². The largest absolute Gasteiger partial charge is 0.381 e. The number of hydrogen-bond donors (Lipinski definition) is 0. The lowest BCUT2D eigenvalue weighted by molar-refractivity contribution is 0.0668. The fourth-order valence-corrected chi connectivity index (χ4v) is 5.26. The highest BCUT2D eigenvalue weighted by atomic mass is 32.2. The van der Waals surface area contributed by atoms with Gasteiger partial charge >= 0.3 is 0 Å². The number of aromatic nitrogens is 2. The third kappa shape index (κ3) is 5.42. The van der Waals surface area contributed by atoms with Crippen LogP contribution < -0.4 is 4.90 Å². The smallest absolute Gasteiger partial charge is 0.258 e. The zero-order valence-corrected chi connectivity index (χ0v) is 21.3. The molecule has 1 aliphatic rings. The maximum atomic E-state index is 13.9. The van der Waals surface area contributed by atoms with Crippen molar-refractivity contribution in [1.82, 2.24) is 9.61 Å². The first-order valence-electron chi connectivity index (χ1n) is 12.2. The number of rotatable bonds is 7. The molecule has 192 valence electrons. The number of carbonyl (C=O) groups is 1. The molecule has 7 nitrogen and oxygen atoms in total. The fraction of sp³-hybridized carbons (Fsp3) is 0.286. The van der Waals surface area contributed by atoms with Crippen LogP contribution in [0.3, 0.4) is 0 Å². The highest BCUT2D eigenvalue weighted by molar-refractivity contribution is 7.90. The molecule has 0 atom stereocenters. The summed E-state index contributed by atoms with van der Waals surface area (Å²) in [7, 11) is -3.35. The lowest BCUT2D eigenvalue weighted by atomic mass is 9.98. The third-order valence-corrected chi connectivity index (χ3v) is 7.92. The van der Waals surface area contributed by atoms with Crippen molar-refractivity contribution >= 4 is 26.9 Å². The molecule has 9 heteroatoms. The number of fused-ring (bicyclic) bond motifs is 1. The number of nitrogens with zero attached hydrogens (tertiary/aromatic N) is 3. The number of pyridine rings is 1. The van der Waals surface area contributed by atoms with Crippen molar-refractivity contribution in [3.63, 3.8) is 0 Å². The number of halogens is 1. The van der Waals surface area contributed by atoms with Crippen LogP contribution in [0.1, 0.15) is 28.8 Å². The molecule has 0 N–H and O–H groups in total. The fourth-order valence-electron chi connectivity index (χ4n) is 4.63. The second-order valence-corrected chi connectivity index (χ2v) is 11.4. The van der Waals surface area contributed by atoms with E-state index in [1.54, 1.807) is 52.1 Å². The van der Waals surface area contributed by atoms with Crippen LogP contribution in [0, 0.1) is 5.92 Å². The van der Waals surface area contributed by atoms with Crippen molar-refractivity contribution in [2.75, 3.05) is 30.9 Å². The average Bonchev–Trinajstić information content (AvgIpc) is 3.35. The number of carbonyl (C=O) groups excluding carboxylic acids is 1. The van der Waals surface area contributed by atoms with Crippen molar-refractivity contribution in [3.05, 3.63) is 84.2 Å². The summed E-state index contributed by atoms with van der Waals surface area (Å²) in [5.41, 5.74) is 4.22. The van der Waals surface area contributed by atoms with Gasteiger partial charge in [-0.2, -0.15) is 5.10 Å². The molecule has 1 aliphatic heterocycles. The Morgan fingerprint density at radius 3 is 2.43 bits per heavy atom. The second-order valence-electron chi connectivity index (χ2n) is 9.37. The summed E-state index contributed by atoms with van der Waals surface area (Å²) in [4.78, 5) is 15.8. The molecule has 1 fully saturated rings. The van der Waals surface area contributed by atoms with Gasteiger partial charge in [-0.1, -0.05) is 24.3 Å². The summed E-state index contributed by atoms with van der Waals surface area (Å²) in [5, 5.41) is 4.41. The molecule has 37 heavy (non-hydrogen) atoms. The monoisotopic (exact) mass is 521 g/mol. The van der Waals surface area contributed by atoms with Gasteiger partial charge in [0.2, 0.25) is 0 Å². The summed E-state index contributed by atoms with van der Waals surface area (Å²) < 4.78 is 44.1. The van der Waals surface area contributed by atoms with E-state index in [9.17, 15) is 17.6 Å². The van der Waals surface area contributed by atoms with Crippen molar-refractivity contribution < 1.29 is 22.3 Å². The Balaban J connectivity index is 1.51. The SMILES string of the molecule is CS(=O)(=O)c1ccc(N(CC2CCOCC2)C(=O)c2ccn3ncc(-c4ccc(CF)cc4)c3c2)cc1. The van der Waals surface area contributed by atoms with E-state index < -0.39 is 16.5 Å². The zero-order valence-electron chi connectivity index (χ0n) is 20.5. The quantitative estimate of drug-likeness (QED) is 0.344. The van der Waals surface area contributed by atoms with Crippen LogP contribution in [0.5, 0.6) is 0 Å². The van der Waals surface area contributed by atoms with Crippen molar-refractivity contribution in [3.8, 4) is 11.1 Å². The number of sulfone groups is 1. The minimum absolute atomic E-state index is 0.180. The predicted octanol–water partition coefficient (Wildman–Crippen LogP) is 4.95. The third-order valence-electron chi connectivity index (χ3n) is 6.79. The van der Waals surface area contributed by atoms with E-state index in [1.165, 1.54) is 12.1 Å². The number of ether oxygens (including phenoxy) is 1. The second kappa shape index (κ2) is 10.4. The molecule has 2 aromatic carbocycles. The highest BCUT2D eigenvalue weighted by Gasteiger charge is 2.25. The molecule has 0 bridgehead atoms. The molecule has 2 aromatic heterocycles. The van der Waals surface area contributed by atoms with Crippen LogP contribution in [-0.2, 0) is 21.2 Å². The highest BCUT2D eigenvalue weighted by Crippen LogP contribution is 2.28. The van der Waals surface area contributed by atoms with Gasteiger partial charge in [0.25, 0.3) is 5.91 Å². The first-order chi connectivity index (χ1) is 17.8. The number of benzene rings is 2. The van der Waals surface area contributed by atoms with Gasteiger partial charge in [-0.3, -0.25) is 4.79 Å². The molecule has 0 unspecified atom stereocenters. The lowest BCUT2D eigenvalue weighted by Gasteiger charge is -2.30. The molecular formula is C28H28FN3O4S. The van der Waals surface area contributed by atoms with Gasteiger partial charge in [-0.25, -0.2) is 17.3 Å². The Bertz CT molecular complexity index is 1510. The molecule has 0 saturated carbocycles. The topological polar surface area (TPSA) is 81.0 Å². The average molecular weight is 522 g/mol. The zero-order chi connectivity index (χ0) is 26.0. The predicted molar refractivity (Wildman–Crippen MR) is 140 cm³/mol. The maximum Gasteiger partial charge on any atom is 0.258 e. The minimum atomic E-state index is -3.35. The molecule has 1 amide bonds. The molecule has 5 rings (SSSR count). The maximum absolute atomic E-state index is 13.9. The van der Waals surface area contributed by atoms with Gasteiger partial charge in [0.15, 0.2) is 9.84 Å². The number of anilines is 1. The van der Waals surface area contributed by atoms with Crippen LogP contribution in [0.2, 0.25) is 0 Å². The van der Waals surface area contributed by atoms with Gasteiger partial charge in [-0.05, 0) is 66.3 Å². The molecule has 0 radical (unpaired) electrons. The van der Waals surface area contributed by atoms with E-state index in [4.69, 9.17) is 4.74 Å². The Labute approximate surface area is 215 Å². The van der Waals surface area contributed by atoms with Gasteiger partial charge in [-0.15, -0.1) is 0 Å². The first-order valence-corrected chi connectivity index (χ1v) is 14.0. The number of alkyl halides is 1. The Morgan fingerprint density at radius 1 is 1.08 bits per heavy atom. The van der Waals surface area contributed by atoms with Crippen LogP contribution in [0.4, 0.5) is 10.1 Å². The number of amides is 1. The Morgan fingerprint density at radius 2 is 1.78 bits per heavy atom. The van der Waals surface area contributed by atoms with Gasteiger partial charge in [0.1, 0.15) is 6.67 Å². The standard InChI is InChI=1S/C28H28FN3O4S/c1-37(34,35)25-8-6-24(7-9-25)31(19-21-11-14-36-15-12-21)28(33)23-10-13-32-27(16-23)26(18-30-32)22-4-2-20(17-29)3-5-22/h2-10,13,16,18,21H,11-12,14-15,17,19H2,1H3. The summed E-state index contributed by atoms with van der Waals surface area (Å²) in [6.45, 7) is 1.29. The Kier molecular flexibility index (Phi) is 7.08.